The molecule has 7 nitrogen and oxygen atoms in total. The van der Waals surface area contributed by atoms with E-state index in [4.69, 9.17) is 9.47 Å². The summed E-state index contributed by atoms with van der Waals surface area (Å²) >= 11 is 0. The Morgan fingerprint density at radius 2 is 1.79 bits per heavy atom. The molecular formula is C22H29N3O4. The van der Waals surface area contributed by atoms with Gasteiger partial charge in [-0.15, -0.1) is 0 Å². The molecule has 7 heteroatoms. The highest BCUT2D eigenvalue weighted by atomic mass is 16.5. The molecule has 3 rings (SSSR count). The predicted molar refractivity (Wildman–Crippen MR) is 109 cm³/mol. The number of aromatic nitrogens is 2. The quantitative estimate of drug-likeness (QED) is 0.723. The van der Waals surface area contributed by atoms with E-state index in [1.807, 2.05) is 62.7 Å². The van der Waals surface area contributed by atoms with Gasteiger partial charge in [0.05, 0.1) is 30.0 Å². The summed E-state index contributed by atoms with van der Waals surface area (Å²) < 4.78 is 12.9. The first-order valence-electron chi connectivity index (χ1n) is 10.0. The van der Waals surface area contributed by atoms with Crippen LogP contribution in [-0.4, -0.2) is 58.0 Å². The number of carbonyl (C=O) groups is 2. The summed E-state index contributed by atoms with van der Waals surface area (Å²) in [5.41, 5.74) is 3.43. The molecule has 1 aliphatic heterocycles. The minimum Gasteiger partial charge on any atom is -0.452 e. The van der Waals surface area contributed by atoms with Crippen LogP contribution in [0.25, 0.3) is 5.69 Å². The molecular weight excluding hydrogens is 370 g/mol. The molecule has 2 aromatic rings. The first-order chi connectivity index (χ1) is 13.8. The molecule has 1 amide bonds. The lowest BCUT2D eigenvalue weighted by atomic mass is 10.1. The number of aryl methyl sites for hydroxylation is 1. The zero-order valence-corrected chi connectivity index (χ0v) is 17.7. The molecule has 1 aliphatic rings. The van der Waals surface area contributed by atoms with Gasteiger partial charge in [-0.2, -0.15) is 5.10 Å². The molecule has 29 heavy (non-hydrogen) atoms. The fraction of sp³-hybridized carbons (Fsp3) is 0.500. The van der Waals surface area contributed by atoms with Crippen molar-refractivity contribution in [3.05, 3.63) is 47.3 Å². The molecule has 0 aliphatic carbocycles. The van der Waals surface area contributed by atoms with Crippen molar-refractivity contribution < 1.29 is 19.1 Å². The Hall–Kier alpha value is -2.67. The van der Waals surface area contributed by atoms with Gasteiger partial charge in [-0.3, -0.25) is 9.59 Å². The largest absolute Gasteiger partial charge is 0.452 e. The highest BCUT2D eigenvalue weighted by Crippen LogP contribution is 2.19. The molecule has 0 bridgehead atoms. The summed E-state index contributed by atoms with van der Waals surface area (Å²) in [7, 11) is 0. The second kappa shape index (κ2) is 8.78. The number of amides is 1. The summed E-state index contributed by atoms with van der Waals surface area (Å²) in [5.74, 6) is -0.618. The SMILES string of the molecule is Cc1nn(-c2ccccc2)c(C)c1CC(=O)OC(C)C(=O)N1CC(C)OC(C)C1. The van der Waals surface area contributed by atoms with Crippen LogP contribution in [0, 0.1) is 13.8 Å². The van der Waals surface area contributed by atoms with Gasteiger partial charge in [0.1, 0.15) is 0 Å². The Kier molecular flexibility index (Phi) is 6.37. The number of carbonyl (C=O) groups excluding carboxylic acids is 2. The van der Waals surface area contributed by atoms with E-state index in [1.54, 1.807) is 11.8 Å². The van der Waals surface area contributed by atoms with Crippen molar-refractivity contribution in [2.75, 3.05) is 13.1 Å². The van der Waals surface area contributed by atoms with Crippen molar-refractivity contribution in [2.45, 2.75) is 59.4 Å². The second-order valence-electron chi connectivity index (χ2n) is 7.71. The molecule has 0 spiro atoms. The van der Waals surface area contributed by atoms with E-state index >= 15 is 0 Å². The van der Waals surface area contributed by atoms with Crippen molar-refractivity contribution >= 4 is 11.9 Å². The molecule has 1 aromatic carbocycles. The Bertz CT molecular complexity index is 868. The fourth-order valence-corrected chi connectivity index (χ4v) is 3.80. The molecule has 156 valence electrons. The lowest BCUT2D eigenvalue weighted by molar-refractivity contribution is -0.164. The van der Waals surface area contributed by atoms with Crippen molar-refractivity contribution in [3.63, 3.8) is 0 Å². The fourth-order valence-electron chi connectivity index (χ4n) is 3.80. The van der Waals surface area contributed by atoms with Crippen LogP contribution in [-0.2, 0) is 25.5 Å². The monoisotopic (exact) mass is 399 g/mol. The number of rotatable bonds is 5. The maximum absolute atomic E-state index is 12.7. The number of ether oxygens (including phenoxy) is 2. The molecule has 3 unspecified atom stereocenters. The van der Waals surface area contributed by atoms with Gasteiger partial charge < -0.3 is 14.4 Å². The molecule has 0 N–H and O–H groups in total. The Morgan fingerprint density at radius 1 is 1.17 bits per heavy atom. The van der Waals surface area contributed by atoms with Crippen LogP contribution in [0.2, 0.25) is 0 Å². The summed E-state index contributed by atoms with van der Waals surface area (Å²) in [6, 6.07) is 9.77. The third kappa shape index (κ3) is 4.85. The van der Waals surface area contributed by atoms with E-state index in [9.17, 15) is 9.59 Å². The van der Waals surface area contributed by atoms with E-state index in [0.29, 0.717) is 13.1 Å². The van der Waals surface area contributed by atoms with Crippen LogP contribution in [0.4, 0.5) is 0 Å². The molecule has 3 atom stereocenters. The normalized spacial score (nSPS) is 20.4. The zero-order valence-electron chi connectivity index (χ0n) is 17.7. The number of hydrogen-bond donors (Lipinski definition) is 0. The number of nitrogens with zero attached hydrogens (tertiary/aromatic N) is 3. The van der Waals surface area contributed by atoms with Crippen molar-refractivity contribution in [1.29, 1.82) is 0 Å². The smallest absolute Gasteiger partial charge is 0.311 e. The van der Waals surface area contributed by atoms with Gasteiger partial charge in [-0.25, -0.2) is 4.68 Å². The van der Waals surface area contributed by atoms with E-state index in [1.165, 1.54) is 0 Å². The molecule has 1 aromatic heterocycles. The topological polar surface area (TPSA) is 73.7 Å². The number of morpholine rings is 1. The maximum atomic E-state index is 12.7. The number of esters is 1. The van der Waals surface area contributed by atoms with Crippen molar-refractivity contribution in [3.8, 4) is 5.69 Å². The van der Waals surface area contributed by atoms with Gasteiger partial charge in [0.25, 0.3) is 5.91 Å². The third-order valence-corrected chi connectivity index (χ3v) is 5.15. The summed E-state index contributed by atoms with van der Waals surface area (Å²) in [5, 5.41) is 4.56. The number of hydrogen-bond acceptors (Lipinski definition) is 5. The van der Waals surface area contributed by atoms with Crippen LogP contribution in [0.5, 0.6) is 0 Å². The van der Waals surface area contributed by atoms with E-state index in [0.717, 1.165) is 22.6 Å². The minimum absolute atomic E-state index is 0.0280. The third-order valence-electron chi connectivity index (χ3n) is 5.15. The Balaban J connectivity index is 1.65. The van der Waals surface area contributed by atoms with E-state index < -0.39 is 12.1 Å². The average Bonchev–Trinajstić information content (AvgIpc) is 2.95. The van der Waals surface area contributed by atoms with Crippen molar-refractivity contribution in [2.24, 2.45) is 0 Å². The standard InChI is InChI=1S/C22H29N3O4/c1-14-12-24(13-15(2)28-14)22(27)18(5)29-21(26)11-20-16(3)23-25(17(20)4)19-9-7-6-8-10-19/h6-10,14-15,18H,11-13H2,1-5H3. The highest BCUT2D eigenvalue weighted by molar-refractivity contribution is 5.84. The van der Waals surface area contributed by atoms with Crippen LogP contribution in [0.15, 0.2) is 30.3 Å². The minimum atomic E-state index is -0.829. The van der Waals surface area contributed by atoms with Gasteiger partial charge in [0.2, 0.25) is 0 Å². The second-order valence-corrected chi connectivity index (χ2v) is 7.71. The van der Waals surface area contributed by atoms with Crippen LogP contribution < -0.4 is 0 Å². The lowest BCUT2D eigenvalue weighted by Gasteiger charge is -2.36. The predicted octanol–water partition coefficient (Wildman–Crippen LogP) is 2.60. The van der Waals surface area contributed by atoms with E-state index in [-0.39, 0.29) is 24.5 Å². The van der Waals surface area contributed by atoms with Gasteiger partial charge in [0, 0.05) is 24.3 Å². The van der Waals surface area contributed by atoms with Gasteiger partial charge in [-0.1, -0.05) is 18.2 Å². The number of para-hydroxylation sites is 1. The van der Waals surface area contributed by atoms with Crippen LogP contribution in [0.3, 0.4) is 0 Å². The summed E-state index contributed by atoms with van der Waals surface area (Å²) in [6.07, 6.45) is -0.804. The summed E-state index contributed by atoms with van der Waals surface area (Å²) in [6.45, 7) is 10.3. The average molecular weight is 399 g/mol. The highest BCUT2D eigenvalue weighted by Gasteiger charge is 2.30. The van der Waals surface area contributed by atoms with E-state index in [2.05, 4.69) is 5.10 Å². The first-order valence-corrected chi connectivity index (χ1v) is 10.0. The van der Waals surface area contributed by atoms with Crippen molar-refractivity contribution in [1.82, 2.24) is 14.7 Å². The van der Waals surface area contributed by atoms with Gasteiger partial charge in [0.15, 0.2) is 6.10 Å². The van der Waals surface area contributed by atoms with Crippen LogP contribution in [0.1, 0.15) is 37.7 Å². The Morgan fingerprint density at radius 3 is 2.41 bits per heavy atom. The molecule has 0 radical (unpaired) electrons. The molecule has 2 heterocycles. The Labute approximate surface area is 171 Å². The number of benzene rings is 1. The van der Waals surface area contributed by atoms with Gasteiger partial charge >= 0.3 is 5.97 Å². The maximum Gasteiger partial charge on any atom is 0.311 e. The molecule has 1 fully saturated rings. The first kappa shape index (κ1) is 21.0. The molecule has 1 saturated heterocycles. The lowest BCUT2D eigenvalue weighted by Crippen LogP contribution is -2.51. The summed E-state index contributed by atoms with van der Waals surface area (Å²) in [4.78, 5) is 26.9. The zero-order chi connectivity index (χ0) is 21.1. The molecule has 0 saturated carbocycles. The van der Waals surface area contributed by atoms with Crippen LogP contribution >= 0.6 is 0 Å². The van der Waals surface area contributed by atoms with Gasteiger partial charge in [-0.05, 0) is 46.8 Å².